The first-order chi connectivity index (χ1) is 9.28. The first kappa shape index (κ1) is 12.5. The molecule has 1 aromatic heterocycles. The maximum absolute atomic E-state index is 5.87. The fraction of sp³-hybridized carbons (Fsp3) is 0.562. The molecule has 19 heavy (non-hydrogen) atoms. The molecule has 0 aliphatic heterocycles. The molecule has 1 aliphatic carbocycles. The van der Waals surface area contributed by atoms with Crippen LogP contribution in [0.2, 0.25) is 0 Å². The molecule has 1 aliphatic rings. The second kappa shape index (κ2) is 5.24. The summed E-state index contributed by atoms with van der Waals surface area (Å²) in [6.45, 7) is 3.35. The second-order valence-corrected chi connectivity index (χ2v) is 5.79. The predicted molar refractivity (Wildman–Crippen MR) is 80.1 cm³/mol. The third-order valence-corrected chi connectivity index (χ3v) is 4.24. The van der Waals surface area contributed by atoms with Crippen molar-refractivity contribution in [3.05, 3.63) is 24.0 Å². The first-order valence-electron chi connectivity index (χ1n) is 7.52. The van der Waals surface area contributed by atoms with Crippen molar-refractivity contribution in [3.8, 4) is 0 Å². The molecule has 1 saturated carbocycles. The van der Waals surface area contributed by atoms with Crippen molar-refractivity contribution in [2.24, 2.45) is 5.92 Å². The number of nitrogen functional groups attached to an aromatic ring is 1. The summed E-state index contributed by atoms with van der Waals surface area (Å²) in [6, 6.07) is 6.12. The molecular formula is C16H23N3. The molecule has 0 radical (unpaired) electrons. The Hall–Kier alpha value is -1.51. The van der Waals surface area contributed by atoms with E-state index in [1.165, 1.54) is 37.0 Å². The van der Waals surface area contributed by atoms with Crippen LogP contribution in [0.25, 0.3) is 11.0 Å². The van der Waals surface area contributed by atoms with Crippen LogP contribution in [0.4, 0.5) is 5.69 Å². The monoisotopic (exact) mass is 257 g/mol. The van der Waals surface area contributed by atoms with E-state index < -0.39 is 0 Å². The molecule has 1 heterocycles. The van der Waals surface area contributed by atoms with Crippen LogP contribution < -0.4 is 5.73 Å². The number of fused-ring (bicyclic) bond motifs is 1. The minimum atomic E-state index is 0.807. The average Bonchev–Trinajstić information content (AvgIpc) is 2.99. The lowest BCUT2D eigenvalue weighted by molar-refractivity contribution is 0.453. The second-order valence-electron chi connectivity index (χ2n) is 5.79. The van der Waals surface area contributed by atoms with Gasteiger partial charge in [0.15, 0.2) is 0 Å². The van der Waals surface area contributed by atoms with Gasteiger partial charge in [0.2, 0.25) is 0 Å². The van der Waals surface area contributed by atoms with Crippen molar-refractivity contribution >= 4 is 16.7 Å². The molecule has 0 saturated heterocycles. The van der Waals surface area contributed by atoms with Gasteiger partial charge in [0, 0.05) is 18.7 Å². The summed E-state index contributed by atoms with van der Waals surface area (Å²) in [5.74, 6) is 2.07. The number of aryl methyl sites for hydroxylation is 1. The van der Waals surface area contributed by atoms with Crippen LogP contribution >= 0.6 is 0 Å². The highest BCUT2D eigenvalue weighted by molar-refractivity contribution is 5.79. The van der Waals surface area contributed by atoms with Crippen molar-refractivity contribution in [1.29, 1.82) is 0 Å². The van der Waals surface area contributed by atoms with Gasteiger partial charge in [-0.05, 0) is 43.4 Å². The minimum absolute atomic E-state index is 0.807. The Bertz CT molecular complexity index is 565. The number of benzene rings is 1. The van der Waals surface area contributed by atoms with E-state index >= 15 is 0 Å². The summed E-state index contributed by atoms with van der Waals surface area (Å²) in [5.41, 5.74) is 8.99. The van der Waals surface area contributed by atoms with Gasteiger partial charge in [0.1, 0.15) is 5.82 Å². The van der Waals surface area contributed by atoms with Crippen LogP contribution in [0.15, 0.2) is 18.2 Å². The number of hydrogen-bond acceptors (Lipinski definition) is 2. The Balaban J connectivity index is 2.00. The summed E-state index contributed by atoms with van der Waals surface area (Å²) >= 11 is 0. The van der Waals surface area contributed by atoms with E-state index in [0.29, 0.717) is 0 Å². The summed E-state index contributed by atoms with van der Waals surface area (Å²) in [5, 5.41) is 0. The van der Waals surface area contributed by atoms with E-state index in [2.05, 4.69) is 17.6 Å². The highest BCUT2D eigenvalue weighted by Crippen LogP contribution is 2.29. The number of imidazole rings is 1. The summed E-state index contributed by atoms with van der Waals surface area (Å²) in [4.78, 5) is 4.79. The van der Waals surface area contributed by atoms with Crippen LogP contribution in [0, 0.1) is 5.92 Å². The summed E-state index contributed by atoms with van der Waals surface area (Å²) in [6.07, 6.45) is 7.74. The molecule has 102 valence electrons. The lowest BCUT2D eigenvalue weighted by Crippen LogP contribution is -2.10. The van der Waals surface area contributed by atoms with Crippen molar-refractivity contribution in [1.82, 2.24) is 9.55 Å². The molecule has 3 rings (SSSR count). The smallest absolute Gasteiger partial charge is 0.109 e. The lowest BCUT2D eigenvalue weighted by atomic mass is 10.1. The molecule has 0 amide bonds. The molecule has 2 N–H and O–H groups in total. The summed E-state index contributed by atoms with van der Waals surface area (Å²) in [7, 11) is 0. The topological polar surface area (TPSA) is 43.8 Å². The first-order valence-corrected chi connectivity index (χ1v) is 7.52. The largest absolute Gasteiger partial charge is 0.399 e. The molecular weight excluding hydrogens is 234 g/mol. The van der Waals surface area contributed by atoms with E-state index in [1.54, 1.807) is 0 Å². The fourth-order valence-corrected chi connectivity index (χ4v) is 3.27. The Morgan fingerprint density at radius 2 is 2.11 bits per heavy atom. The van der Waals surface area contributed by atoms with E-state index in [4.69, 9.17) is 10.7 Å². The highest BCUT2D eigenvalue weighted by atomic mass is 15.1. The van der Waals surface area contributed by atoms with Gasteiger partial charge in [-0.3, -0.25) is 0 Å². The maximum Gasteiger partial charge on any atom is 0.109 e. The quantitative estimate of drug-likeness (QED) is 0.847. The maximum atomic E-state index is 5.87. The van der Waals surface area contributed by atoms with Gasteiger partial charge in [-0.1, -0.05) is 19.8 Å². The van der Waals surface area contributed by atoms with E-state index in [1.807, 2.05) is 12.1 Å². The van der Waals surface area contributed by atoms with Gasteiger partial charge in [0.05, 0.1) is 11.0 Å². The van der Waals surface area contributed by atoms with Crippen LogP contribution in [-0.4, -0.2) is 9.55 Å². The molecule has 1 fully saturated rings. The van der Waals surface area contributed by atoms with Crippen molar-refractivity contribution in [2.45, 2.75) is 52.0 Å². The molecule has 3 nitrogen and oxygen atoms in total. The molecule has 0 unspecified atom stereocenters. The number of rotatable bonds is 4. The van der Waals surface area contributed by atoms with Gasteiger partial charge in [-0.15, -0.1) is 0 Å². The van der Waals surface area contributed by atoms with Gasteiger partial charge >= 0.3 is 0 Å². The van der Waals surface area contributed by atoms with Crippen molar-refractivity contribution in [2.75, 3.05) is 5.73 Å². The Morgan fingerprint density at radius 1 is 1.32 bits per heavy atom. The fourth-order valence-electron chi connectivity index (χ4n) is 3.27. The average molecular weight is 257 g/mol. The number of nitrogens with two attached hydrogens (primary N) is 1. The Labute approximate surface area is 114 Å². The lowest BCUT2D eigenvalue weighted by Gasteiger charge is -2.14. The number of hydrogen-bond donors (Lipinski definition) is 1. The predicted octanol–water partition coefficient (Wildman–Crippen LogP) is 3.76. The standard InChI is InChI=1S/C16H23N3/c1-2-5-16-18-14-10-13(17)8-9-15(14)19(16)11-12-6-3-4-7-12/h8-10,12H,2-7,11,17H2,1H3. The molecule has 0 bridgehead atoms. The van der Waals surface area contributed by atoms with Crippen molar-refractivity contribution < 1.29 is 0 Å². The normalized spacial score (nSPS) is 16.5. The third kappa shape index (κ3) is 2.46. The minimum Gasteiger partial charge on any atom is -0.399 e. The van der Waals surface area contributed by atoms with Gasteiger partial charge in [0.25, 0.3) is 0 Å². The van der Waals surface area contributed by atoms with Gasteiger partial charge in [-0.25, -0.2) is 4.98 Å². The zero-order valence-electron chi connectivity index (χ0n) is 11.7. The molecule has 1 aromatic carbocycles. The van der Waals surface area contributed by atoms with Crippen LogP contribution in [0.5, 0.6) is 0 Å². The van der Waals surface area contributed by atoms with Gasteiger partial charge < -0.3 is 10.3 Å². The van der Waals surface area contributed by atoms with Crippen molar-refractivity contribution in [3.63, 3.8) is 0 Å². The highest BCUT2D eigenvalue weighted by Gasteiger charge is 2.18. The SMILES string of the molecule is CCCc1nc2cc(N)ccc2n1CC1CCCC1. The van der Waals surface area contributed by atoms with Gasteiger partial charge in [-0.2, -0.15) is 0 Å². The molecule has 0 spiro atoms. The third-order valence-electron chi connectivity index (χ3n) is 4.24. The number of anilines is 1. The van der Waals surface area contributed by atoms with E-state index in [0.717, 1.165) is 36.5 Å². The van der Waals surface area contributed by atoms with Crippen LogP contribution in [0.3, 0.4) is 0 Å². The van der Waals surface area contributed by atoms with E-state index in [9.17, 15) is 0 Å². The Morgan fingerprint density at radius 3 is 2.84 bits per heavy atom. The number of aromatic nitrogens is 2. The molecule has 2 aromatic rings. The zero-order chi connectivity index (χ0) is 13.2. The van der Waals surface area contributed by atoms with Crippen LogP contribution in [0.1, 0.15) is 44.9 Å². The Kier molecular flexibility index (Phi) is 3.45. The van der Waals surface area contributed by atoms with E-state index in [-0.39, 0.29) is 0 Å². The molecule has 0 atom stereocenters. The molecule has 3 heteroatoms. The van der Waals surface area contributed by atoms with Crippen LogP contribution in [-0.2, 0) is 13.0 Å². The zero-order valence-corrected chi connectivity index (χ0v) is 11.7. The number of nitrogens with zero attached hydrogens (tertiary/aromatic N) is 2. The summed E-state index contributed by atoms with van der Waals surface area (Å²) < 4.78 is 2.44.